The standard InChI is InChI=1S/C11H13NO4/c1-16-9-5-4-8(9)12-6-2-3-7(10(12)13)11(14)15/h2-3,6,8-9H,4-5H2,1H3,(H,14,15)/t8-,9-/m0/s1. The van der Waals surface area contributed by atoms with Crippen molar-refractivity contribution in [3.8, 4) is 0 Å². The number of hydrogen-bond acceptors (Lipinski definition) is 3. The summed E-state index contributed by atoms with van der Waals surface area (Å²) in [6.45, 7) is 0. The number of aromatic nitrogens is 1. The number of ether oxygens (including phenoxy) is 1. The van der Waals surface area contributed by atoms with E-state index in [1.165, 1.54) is 10.6 Å². The van der Waals surface area contributed by atoms with Crippen LogP contribution in [0.25, 0.3) is 0 Å². The fourth-order valence-corrected chi connectivity index (χ4v) is 1.98. The summed E-state index contributed by atoms with van der Waals surface area (Å²) in [5, 5.41) is 8.84. The van der Waals surface area contributed by atoms with Crippen LogP contribution in [0.2, 0.25) is 0 Å². The highest BCUT2D eigenvalue weighted by Gasteiger charge is 2.33. The van der Waals surface area contributed by atoms with Gasteiger partial charge in [-0.25, -0.2) is 4.79 Å². The maximum absolute atomic E-state index is 11.8. The fraction of sp³-hybridized carbons (Fsp3) is 0.455. The first kappa shape index (κ1) is 10.9. The van der Waals surface area contributed by atoms with Gasteiger partial charge in [-0.3, -0.25) is 4.79 Å². The van der Waals surface area contributed by atoms with Gasteiger partial charge in [0.1, 0.15) is 5.56 Å². The maximum Gasteiger partial charge on any atom is 0.341 e. The summed E-state index contributed by atoms with van der Waals surface area (Å²) in [6, 6.07) is 2.87. The van der Waals surface area contributed by atoms with Crippen molar-refractivity contribution >= 4 is 5.97 Å². The van der Waals surface area contributed by atoms with E-state index in [2.05, 4.69) is 0 Å². The zero-order chi connectivity index (χ0) is 11.7. The summed E-state index contributed by atoms with van der Waals surface area (Å²) in [5.41, 5.74) is -0.647. The predicted molar refractivity (Wildman–Crippen MR) is 56.7 cm³/mol. The van der Waals surface area contributed by atoms with Crippen LogP contribution in [0, 0.1) is 0 Å². The van der Waals surface area contributed by atoms with Gasteiger partial charge in [0.2, 0.25) is 0 Å². The van der Waals surface area contributed by atoms with E-state index in [0.717, 1.165) is 12.8 Å². The molecule has 1 N–H and O–H groups in total. The molecule has 2 rings (SSSR count). The number of nitrogens with zero attached hydrogens (tertiary/aromatic N) is 1. The van der Waals surface area contributed by atoms with E-state index in [1.807, 2.05) is 0 Å². The first-order valence-corrected chi connectivity index (χ1v) is 5.12. The van der Waals surface area contributed by atoms with Crippen molar-refractivity contribution in [3.05, 3.63) is 34.2 Å². The number of aromatic carboxylic acids is 1. The molecule has 1 aromatic rings. The lowest BCUT2D eigenvalue weighted by Gasteiger charge is -2.36. The Morgan fingerprint density at radius 3 is 2.81 bits per heavy atom. The minimum atomic E-state index is -1.19. The molecule has 1 aromatic heterocycles. The molecule has 0 spiro atoms. The summed E-state index contributed by atoms with van der Waals surface area (Å²) < 4.78 is 6.66. The van der Waals surface area contributed by atoms with Crippen molar-refractivity contribution in [1.29, 1.82) is 0 Å². The summed E-state index contributed by atoms with van der Waals surface area (Å²) in [6.07, 6.45) is 3.39. The molecular formula is C11H13NO4. The predicted octanol–water partition coefficient (Wildman–Crippen LogP) is 0.896. The molecule has 0 bridgehead atoms. The SMILES string of the molecule is CO[C@H]1CC[C@@H]1n1cccc(C(=O)O)c1=O. The van der Waals surface area contributed by atoms with Gasteiger partial charge in [0.15, 0.2) is 0 Å². The zero-order valence-electron chi connectivity index (χ0n) is 8.92. The topological polar surface area (TPSA) is 68.5 Å². The fourth-order valence-electron chi connectivity index (χ4n) is 1.98. The van der Waals surface area contributed by atoms with Gasteiger partial charge in [-0.2, -0.15) is 0 Å². The van der Waals surface area contributed by atoms with E-state index >= 15 is 0 Å². The molecule has 0 aliphatic heterocycles. The van der Waals surface area contributed by atoms with Crippen LogP contribution >= 0.6 is 0 Å². The van der Waals surface area contributed by atoms with E-state index in [-0.39, 0.29) is 17.7 Å². The lowest BCUT2D eigenvalue weighted by molar-refractivity contribution is -0.0105. The number of hydrogen-bond donors (Lipinski definition) is 1. The largest absolute Gasteiger partial charge is 0.477 e. The summed E-state index contributed by atoms with van der Waals surface area (Å²) in [7, 11) is 1.60. The third-order valence-electron chi connectivity index (χ3n) is 3.04. The highest BCUT2D eigenvalue weighted by molar-refractivity contribution is 5.86. The second kappa shape index (κ2) is 4.09. The van der Waals surface area contributed by atoms with Gasteiger partial charge in [0.25, 0.3) is 5.56 Å². The quantitative estimate of drug-likeness (QED) is 0.826. The summed E-state index contributed by atoms with van der Waals surface area (Å²) in [4.78, 5) is 22.6. The second-order valence-electron chi connectivity index (χ2n) is 3.86. The van der Waals surface area contributed by atoms with Crippen molar-refractivity contribution in [2.45, 2.75) is 25.0 Å². The Hall–Kier alpha value is -1.62. The third-order valence-corrected chi connectivity index (χ3v) is 3.04. The molecule has 5 nitrogen and oxygen atoms in total. The molecule has 86 valence electrons. The van der Waals surface area contributed by atoms with Gasteiger partial charge < -0.3 is 14.4 Å². The van der Waals surface area contributed by atoms with E-state index in [4.69, 9.17) is 9.84 Å². The maximum atomic E-state index is 11.8. The van der Waals surface area contributed by atoms with Crippen molar-refractivity contribution in [2.24, 2.45) is 0 Å². The van der Waals surface area contributed by atoms with Crippen LogP contribution in [0.3, 0.4) is 0 Å². The van der Waals surface area contributed by atoms with Crippen molar-refractivity contribution in [3.63, 3.8) is 0 Å². The van der Waals surface area contributed by atoms with Gasteiger partial charge in [-0.05, 0) is 25.0 Å². The molecule has 1 aliphatic rings. The van der Waals surface area contributed by atoms with Gasteiger partial charge in [0.05, 0.1) is 12.1 Å². The molecular weight excluding hydrogens is 210 g/mol. The molecule has 1 fully saturated rings. The molecule has 5 heteroatoms. The Morgan fingerprint density at radius 1 is 1.56 bits per heavy atom. The lowest BCUT2D eigenvalue weighted by Crippen LogP contribution is -2.41. The molecule has 1 heterocycles. The average Bonchev–Trinajstić information content (AvgIpc) is 2.19. The zero-order valence-corrected chi connectivity index (χ0v) is 8.92. The number of carboxylic acid groups (broad SMARTS) is 1. The van der Waals surface area contributed by atoms with Crippen LogP contribution in [0.15, 0.2) is 23.1 Å². The normalized spacial score (nSPS) is 23.8. The Labute approximate surface area is 92.3 Å². The number of rotatable bonds is 3. The monoisotopic (exact) mass is 223 g/mol. The van der Waals surface area contributed by atoms with Crippen molar-refractivity contribution in [1.82, 2.24) is 4.57 Å². The minimum Gasteiger partial charge on any atom is -0.477 e. The van der Waals surface area contributed by atoms with Crippen molar-refractivity contribution < 1.29 is 14.6 Å². The van der Waals surface area contributed by atoms with Gasteiger partial charge in [-0.15, -0.1) is 0 Å². The van der Waals surface area contributed by atoms with Gasteiger partial charge in [-0.1, -0.05) is 0 Å². The first-order valence-electron chi connectivity index (χ1n) is 5.12. The Bertz CT molecular complexity index is 463. The van der Waals surface area contributed by atoms with E-state index in [0.29, 0.717) is 0 Å². The molecule has 0 aromatic carbocycles. The number of carboxylic acids is 1. The van der Waals surface area contributed by atoms with Crippen LogP contribution in [0.4, 0.5) is 0 Å². The smallest absolute Gasteiger partial charge is 0.341 e. The van der Waals surface area contributed by atoms with Crippen molar-refractivity contribution in [2.75, 3.05) is 7.11 Å². The molecule has 1 saturated carbocycles. The minimum absolute atomic E-state index is 0.0155. The highest BCUT2D eigenvalue weighted by atomic mass is 16.5. The summed E-state index contributed by atoms with van der Waals surface area (Å²) in [5.74, 6) is -1.19. The first-order chi connectivity index (χ1) is 7.65. The molecule has 16 heavy (non-hydrogen) atoms. The molecule has 0 amide bonds. The lowest BCUT2D eigenvalue weighted by atomic mass is 9.88. The number of methoxy groups -OCH3 is 1. The third kappa shape index (κ3) is 1.63. The Morgan fingerprint density at radius 2 is 2.31 bits per heavy atom. The number of pyridine rings is 1. The van der Waals surface area contributed by atoms with Crippen LogP contribution < -0.4 is 5.56 Å². The Kier molecular flexibility index (Phi) is 2.78. The van der Waals surface area contributed by atoms with E-state index in [9.17, 15) is 9.59 Å². The van der Waals surface area contributed by atoms with Gasteiger partial charge >= 0.3 is 5.97 Å². The molecule has 0 radical (unpaired) electrons. The molecule has 0 saturated heterocycles. The molecule has 2 atom stereocenters. The van der Waals surface area contributed by atoms with Crippen LogP contribution in [0.1, 0.15) is 29.2 Å². The second-order valence-corrected chi connectivity index (χ2v) is 3.86. The van der Waals surface area contributed by atoms with E-state index < -0.39 is 11.5 Å². The summed E-state index contributed by atoms with van der Waals surface area (Å²) >= 11 is 0. The van der Waals surface area contributed by atoms with E-state index in [1.54, 1.807) is 19.4 Å². The average molecular weight is 223 g/mol. The van der Waals surface area contributed by atoms with Crippen LogP contribution in [-0.2, 0) is 4.74 Å². The van der Waals surface area contributed by atoms with Gasteiger partial charge in [0, 0.05) is 13.3 Å². The highest BCUT2D eigenvalue weighted by Crippen LogP contribution is 2.33. The Balaban J connectivity index is 2.39. The molecule has 1 aliphatic carbocycles. The van der Waals surface area contributed by atoms with Crippen LogP contribution in [-0.4, -0.2) is 28.9 Å². The van der Waals surface area contributed by atoms with Crippen LogP contribution in [0.5, 0.6) is 0 Å². The number of carbonyl (C=O) groups is 1. The molecule has 0 unspecified atom stereocenters.